The molecule has 0 fully saturated rings. The first-order chi connectivity index (χ1) is 3.31. The van der Waals surface area contributed by atoms with Gasteiger partial charge in [0.2, 0.25) is 5.91 Å². The zero-order valence-corrected chi connectivity index (χ0v) is 7.04. The van der Waals surface area contributed by atoms with Gasteiger partial charge in [-0.05, 0) is 13.0 Å². The summed E-state index contributed by atoms with van der Waals surface area (Å²) in [6, 6.07) is 0. The summed E-state index contributed by atoms with van der Waals surface area (Å²) < 4.78 is 0. The molecule has 0 saturated heterocycles. The van der Waals surface area contributed by atoms with Crippen molar-refractivity contribution < 1.29 is 4.79 Å². The second-order valence-corrected chi connectivity index (χ2v) is 1.10. The number of likely N-dealkylation sites (N-methyl/N-ethyl adjacent to an activating group) is 1. The van der Waals surface area contributed by atoms with Gasteiger partial charge in [-0.2, -0.15) is 0 Å². The Bertz CT molecular complexity index is 87.0. The molecule has 5 heteroatoms. The van der Waals surface area contributed by atoms with E-state index < -0.39 is 0 Å². The Balaban J connectivity index is -0.0000000600. The summed E-state index contributed by atoms with van der Waals surface area (Å²) in [5, 5.41) is 2.54. The topological polar surface area (TPSA) is 99.1 Å². The fourth-order valence-electron chi connectivity index (χ4n) is 0.246. The second-order valence-electron chi connectivity index (χ2n) is 1.10. The third-order valence-electron chi connectivity index (χ3n) is 0.536. The van der Waals surface area contributed by atoms with Gasteiger partial charge in [-0.15, -0.1) is 12.4 Å². The fourth-order valence-corrected chi connectivity index (χ4v) is 0.246. The van der Waals surface area contributed by atoms with Crippen molar-refractivity contribution in [1.29, 1.82) is 0 Å². The van der Waals surface area contributed by atoms with Gasteiger partial charge in [0.25, 0.3) is 0 Å². The molecule has 0 atom stereocenters. The van der Waals surface area contributed by atoms with E-state index in [4.69, 9.17) is 0 Å². The average Bonchev–Trinajstić information content (AvgIpc) is 1.68. The number of amides is 1. The van der Waals surface area contributed by atoms with Crippen LogP contribution in [0, 0.1) is 0 Å². The van der Waals surface area contributed by atoms with Crippen LogP contribution in [0.25, 0.3) is 0 Å². The summed E-state index contributed by atoms with van der Waals surface area (Å²) in [5.41, 5.74) is 0. The molecule has 0 heterocycles. The van der Waals surface area contributed by atoms with E-state index in [1.165, 1.54) is 6.08 Å². The summed E-state index contributed by atoms with van der Waals surface area (Å²) in [6.45, 7) is 5.80. The summed E-state index contributed by atoms with van der Waals surface area (Å²) in [6.07, 6.45) is 1.25. The molecule has 0 bridgehead atoms. The summed E-state index contributed by atoms with van der Waals surface area (Å²) >= 11 is 0. The van der Waals surface area contributed by atoms with Crippen LogP contribution in [0.15, 0.2) is 12.7 Å². The summed E-state index contributed by atoms with van der Waals surface area (Å²) in [4.78, 5) is 10.2. The molecule has 0 spiro atoms. The number of hydrogen-bond donors (Lipinski definition) is 3. The summed E-state index contributed by atoms with van der Waals surface area (Å²) in [7, 11) is 0. The van der Waals surface area contributed by atoms with Crippen LogP contribution in [0.1, 0.15) is 6.92 Å². The Morgan fingerprint density at radius 3 is 2.10 bits per heavy atom. The molecule has 0 aromatic rings. The molecule has 0 radical (unpaired) electrons. The first-order valence-corrected chi connectivity index (χ1v) is 2.21. The third kappa shape index (κ3) is 15.7. The average molecular weight is 170 g/mol. The number of nitrogens with one attached hydrogen (secondary N) is 1. The monoisotopic (exact) mass is 169 g/mol. The Labute approximate surface area is 67.6 Å². The lowest BCUT2D eigenvalue weighted by Crippen LogP contribution is -2.19. The maximum Gasteiger partial charge on any atom is 0.243 e. The molecule has 4 nitrogen and oxygen atoms in total. The lowest BCUT2D eigenvalue weighted by atomic mass is 10.6. The molecule has 0 aliphatic heterocycles. The number of rotatable bonds is 2. The van der Waals surface area contributed by atoms with Gasteiger partial charge in [0.1, 0.15) is 0 Å². The van der Waals surface area contributed by atoms with Gasteiger partial charge in [0.05, 0.1) is 0 Å². The van der Waals surface area contributed by atoms with Gasteiger partial charge in [0.15, 0.2) is 0 Å². The van der Waals surface area contributed by atoms with Crippen molar-refractivity contribution in [3.8, 4) is 0 Å². The highest BCUT2D eigenvalue weighted by Gasteiger charge is 1.83. The molecule has 0 aliphatic rings. The van der Waals surface area contributed by atoms with Crippen molar-refractivity contribution >= 4 is 18.3 Å². The standard InChI is InChI=1S/C5H9NO.ClH.2H3N/c1-3-5(7)6-4-2;;;/h3H,1,4H2,2H3,(H,6,7);1H;2*1H3. The van der Waals surface area contributed by atoms with Gasteiger partial charge in [-0.25, -0.2) is 0 Å². The highest BCUT2D eigenvalue weighted by Crippen LogP contribution is 1.61. The predicted octanol–water partition coefficient (Wildman–Crippen LogP) is 1.05. The van der Waals surface area contributed by atoms with Crippen LogP contribution in [0.3, 0.4) is 0 Å². The van der Waals surface area contributed by atoms with Crippen LogP contribution >= 0.6 is 12.4 Å². The number of carbonyl (C=O) groups is 1. The molecular weight excluding hydrogens is 154 g/mol. The first-order valence-electron chi connectivity index (χ1n) is 2.21. The maximum absolute atomic E-state index is 10.2. The van der Waals surface area contributed by atoms with E-state index in [0.29, 0.717) is 6.54 Å². The highest BCUT2D eigenvalue weighted by molar-refractivity contribution is 5.86. The first kappa shape index (κ1) is 22.7. The van der Waals surface area contributed by atoms with Crippen molar-refractivity contribution in [2.24, 2.45) is 0 Å². The largest absolute Gasteiger partial charge is 0.353 e. The van der Waals surface area contributed by atoms with E-state index in [2.05, 4.69) is 11.9 Å². The van der Waals surface area contributed by atoms with Gasteiger partial charge < -0.3 is 17.6 Å². The third-order valence-corrected chi connectivity index (χ3v) is 0.536. The molecule has 7 N–H and O–H groups in total. The quantitative estimate of drug-likeness (QED) is 0.539. The van der Waals surface area contributed by atoms with Crippen molar-refractivity contribution in [3.05, 3.63) is 12.7 Å². The minimum Gasteiger partial charge on any atom is -0.353 e. The molecule has 0 unspecified atom stereocenters. The van der Waals surface area contributed by atoms with Gasteiger partial charge >= 0.3 is 0 Å². The zero-order valence-electron chi connectivity index (χ0n) is 6.22. The normalized spacial score (nSPS) is 5.30. The van der Waals surface area contributed by atoms with Crippen molar-refractivity contribution in [1.82, 2.24) is 17.6 Å². The number of halogens is 1. The maximum atomic E-state index is 10.2. The molecule has 1 amide bonds. The van der Waals surface area contributed by atoms with Crippen molar-refractivity contribution in [3.63, 3.8) is 0 Å². The molecule has 10 heavy (non-hydrogen) atoms. The van der Waals surface area contributed by atoms with Crippen LogP contribution in [-0.2, 0) is 4.79 Å². The van der Waals surface area contributed by atoms with E-state index in [0.717, 1.165) is 0 Å². The lowest BCUT2D eigenvalue weighted by molar-refractivity contribution is -0.116. The van der Waals surface area contributed by atoms with Gasteiger partial charge in [0, 0.05) is 6.54 Å². The fraction of sp³-hybridized carbons (Fsp3) is 0.400. The predicted molar refractivity (Wildman–Crippen MR) is 46.2 cm³/mol. The zero-order chi connectivity index (χ0) is 5.70. The van der Waals surface area contributed by atoms with Crippen LogP contribution in [0.2, 0.25) is 0 Å². The van der Waals surface area contributed by atoms with Crippen molar-refractivity contribution in [2.75, 3.05) is 6.54 Å². The molecule has 0 aromatic carbocycles. The molecule has 0 saturated carbocycles. The molecule has 0 aromatic heterocycles. The molecule has 64 valence electrons. The van der Waals surface area contributed by atoms with Gasteiger partial charge in [-0.3, -0.25) is 4.79 Å². The number of carbonyl (C=O) groups excluding carboxylic acids is 1. The van der Waals surface area contributed by atoms with Crippen LogP contribution < -0.4 is 17.6 Å². The Kier molecular flexibility index (Phi) is 35.9. The van der Waals surface area contributed by atoms with Crippen LogP contribution in [-0.4, -0.2) is 12.5 Å². The molecular formula is C5H16ClN3O. The molecule has 0 rings (SSSR count). The van der Waals surface area contributed by atoms with Crippen molar-refractivity contribution in [2.45, 2.75) is 6.92 Å². The Morgan fingerprint density at radius 2 is 2.00 bits per heavy atom. The Hall–Kier alpha value is -0.580. The molecule has 0 aliphatic carbocycles. The Morgan fingerprint density at radius 1 is 1.60 bits per heavy atom. The minimum atomic E-state index is -0.109. The highest BCUT2D eigenvalue weighted by atomic mass is 35.5. The van der Waals surface area contributed by atoms with Crippen LogP contribution in [0.4, 0.5) is 0 Å². The lowest BCUT2D eigenvalue weighted by Gasteiger charge is -1.90. The van der Waals surface area contributed by atoms with E-state index in [9.17, 15) is 4.79 Å². The van der Waals surface area contributed by atoms with E-state index in [-0.39, 0.29) is 30.6 Å². The number of hydrogen-bond acceptors (Lipinski definition) is 3. The van der Waals surface area contributed by atoms with E-state index in [1.807, 2.05) is 6.92 Å². The van der Waals surface area contributed by atoms with Gasteiger partial charge in [-0.1, -0.05) is 6.58 Å². The van der Waals surface area contributed by atoms with E-state index >= 15 is 0 Å². The second kappa shape index (κ2) is 15.8. The minimum absolute atomic E-state index is 0. The smallest absolute Gasteiger partial charge is 0.243 e. The summed E-state index contributed by atoms with van der Waals surface area (Å²) in [5.74, 6) is -0.109. The van der Waals surface area contributed by atoms with E-state index in [1.54, 1.807) is 0 Å². The van der Waals surface area contributed by atoms with Crippen LogP contribution in [0.5, 0.6) is 0 Å². The SMILES string of the molecule is C=CC(=O)NCC.Cl.N.N.